The molecule has 0 bridgehead atoms. The molecule has 1 saturated heterocycles. The van der Waals surface area contributed by atoms with E-state index >= 15 is 0 Å². The van der Waals surface area contributed by atoms with Crippen molar-refractivity contribution in [3.8, 4) is 11.5 Å². The molecule has 3 aromatic carbocycles. The third-order valence-electron chi connectivity index (χ3n) is 7.37. The molecule has 2 heterocycles. The Bertz CT molecular complexity index is 1500. The third kappa shape index (κ3) is 5.06. The quantitative estimate of drug-likeness (QED) is 0.323. The van der Waals surface area contributed by atoms with Crippen LogP contribution >= 0.6 is 0 Å². The SMILES string of the molecule is COc1ccc(C(OC[C@H]2O[C@@H](n3ccc(=O)n(C)c3=O)C[C@@H]2O)(c2ccccc2)c2ccc(OC)cc2)cc1. The highest BCUT2D eigenvalue weighted by molar-refractivity contribution is 5.49. The lowest BCUT2D eigenvalue weighted by Gasteiger charge is -2.37. The van der Waals surface area contributed by atoms with E-state index in [1.807, 2.05) is 78.9 Å². The molecular formula is C31H32N2O7. The summed E-state index contributed by atoms with van der Waals surface area (Å²) in [4.78, 5) is 24.5. The molecule has 9 heteroatoms. The molecule has 1 fully saturated rings. The fraction of sp³-hybridized carbons (Fsp3) is 0.290. The molecule has 0 spiro atoms. The van der Waals surface area contributed by atoms with Gasteiger partial charge < -0.3 is 24.1 Å². The van der Waals surface area contributed by atoms with Crippen molar-refractivity contribution >= 4 is 0 Å². The van der Waals surface area contributed by atoms with E-state index in [0.717, 1.165) is 21.3 Å². The van der Waals surface area contributed by atoms with Crippen LogP contribution in [-0.4, -0.2) is 47.3 Å². The number of methoxy groups -OCH3 is 2. The van der Waals surface area contributed by atoms with Gasteiger partial charge in [-0.2, -0.15) is 0 Å². The molecule has 1 aliphatic rings. The monoisotopic (exact) mass is 544 g/mol. The maximum atomic E-state index is 12.7. The van der Waals surface area contributed by atoms with E-state index < -0.39 is 35.3 Å². The Hall–Kier alpha value is -4.18. The molecule has 1 aliphatic heterocycles. The molecular weight excluding hydrogens is 512 g/mol. The van der Waals surface area contributed by atoms with Gasteiger partial charge in [0.05, 0.1) is 26.9 Å². The van der Waals surface area contributed by atoms with Crippen LogP contribution in [0.15, 0.2) is 101 Å². The summed E-state index contributed by atoms with van der Waals surface area (Å²) >= 11 is 0. The minimum atomic E-state index is -1.07. The standard InChI is InChI=1S/C31H32N2O7/c1-32-28(35)17-18-33(30(32)36)29-19-26(34)27(40-29)20-39-31(21-7-5-4-6-8-21,22-9-13-24(37-2)14-10-22)23-11-15-25(38-3)16-12-23/h4-18,26-27,29,34H,19-20H2,1-3H3/t26-,27+,29+/m0/s1. The summed E-state index contributed by atoms with van der Waals surface area (Å²) in [5.74, 6) is 1.42. The van der Waals surface area contributed by atoms with E-state index in [1.54, 1.807) is 14.2 Å². The average molecular weight is 545 g/mol. The van der Waals surface area contributed by atoms with Crippen LogP contribution in [0.5, 0.6) is 11.5 Å². The molecule has 1 aromatic heterocycles. The highest BCUT2D eigenvalue weighted by Gasteiger charge is 2.42. The van der Waals surface area contributed by atoms with Crippen molar-refractivity contribution in [1.29, 1.82) is 0 Å². The van der Waals surface area contributed by atoms with Crippen molar-refractivity contribution in [3.05, 3.63) is 129 Å². The van der Waals surface area contributed by atoms with Gasteiger partial charge in [0.15, 0.2) is 0 Å². The summed E-state index contributed by atoms with van der Waals surface area (Å²) in [6.07, 6.45) is -0.789. The Morgan fingerprint density at radius 3 is 1.95 bits per heavy atom. The van der Waals surface area contributed by atoms with Crippen molar-refractivity contribution in [1.82, 2.24) is 9.13 Å². The van der Waals surface area contributed by atoms with Crippen LogP contribution in [0.2, 0.25) is 0 Å². The highest BCUT2D eigenvalue weighted by Crippen LogP contribution is 2.42. The Morgan fingerprint density at radius 1 is 0.850 bits per heavy atom. The van der Waals surface area contributed by atoms with Crippen LogP contribution < -0.4 is 20.7 Å². The first-order valence-electron chi connectivity index (χ1n) is 13.0. The van der Waals surface area contributed by atoms with Crippen molar-refractivity contribution in [3.63, 3.8) is 0 Å². The summed E-state index contributed by atoms with van der Waals surface area (Å²) < 4.78 is 26.1. The molecule has 0 radical (unpaired) electrons. The van der Waals surface area contributed by atoms with Gasteiger partial charge >= 0.3 is 5.69 Å². The van der Waals surface area contributed by atoms with E-state index in [0.29, 0.717) is 11.5 Å². The highest BCUT2D eigenvalue weighted by atomic mass is 16.6. The summed E-state index contributed by atoms with van der Waals surface area (Å²) in [7, 11) is 4.64. The van der Waals surface area contributed by atoms with Gasteiger partial charge in [0.1, 0.15) is 29.4 Å². The average Bonchev–Trinajstić information content (AvgIpc) is 3.37. The summed E-state index contributed by atoms with van der Waals surface area (Å²) in [5.41, 5.74) is 0.580. The zero-order chi connectivity index (χ0) is 28.3. The Labute approximate surface area is 231 Å². The van der Waals surface area contributed by atoms with Crippen LogP contribution in [-0.2, 0) is 22.1 Å². The van der Waals surface area contributed by atoms with E-state index in [2.05, 4.69) is 0 Å². The maximum Gasteiger partial charge on any atom is 0.332 e. The summed E-state index contributed by atoms with van der Waals surface area (Å²) in [5, 5.41) is 11.0. The van der Waals surface area contributed by atoms with Gasteiger partial charge in [0.25, 0.3) is 5.56 Å². The number of aromatic nitrogens is 2. The number of hydrogen-bond donors (Lipinski definition) is 1. The lowest BCUT2D eigenvalue weighted by molar-refractivity contribution is -0.0945. The molecule has 0 aliphatic carbocycles. The van der Waals surface area contributed by atoms with Gasteiger partial charge in [-0.15, -0.1) is 0 Å². The smallest absolute Gasteiger partial charge is 0.332 e. The second-order valence-corrected chi connectivity index (χ2v) is 9.65. The van der Waals surface area contributed by atoms with Crippen molar-refractivity contribution in [2.45, 2.75) is 30.5 Å². The number of nitrogens with zero attached hydrogens (tertiary/aromatic N) is 2. The third-order valence-corrected chi connectivity index (χ3v) is 7.37. The molecule has 5 rings (SSSR count). The number of rotatable bonds is 9. The first-order chi connectivity index (χ1) is 19.4. The van der Waals surface area contributed by atoms with Crippen LogP contribution in [0, 0.1) is 0 Å². The minimum Gasteiger partial charge on any atom is -0.497 e. The van der Waals surface area contributed by atoms with Crippen LogP contribution in [0.3, 0.4) is 0 Å². The fourth-order valence-corrected chi connectivity index (χ4v) is 5.12. The molecule has 208 valence electrons. The van der Waals surface area contributed by atoms with Crippen molar-refractivity contribution in [2.24, 2.45) is 7.05 Å². The zero-order valence-electron chi connectivity index (χ0n) is 22.6. The van der Waals surface area contributed by atoms with Crippen LogP contribution in [0.25, 0.3) is 0 Å². The molecule has 40 heavy (non-hydrogen) atoms. The molecule has 0 amide bonds. The second kappa shape index (κ2) is 11.5. The van der Waals surface area contributed by atoms with Gasteiger partial charge in [-0.05, 0) is 41.0 Å². The molecule has 0 unspecified atom stereocenters. The molecule has 3 atom stereocenters. The molecule has 0 saturated carbocycles. The molecule has 4 aromatic rings. The van der Waals surface area contributed by atoms with Gasteiger partial charge in [0, 0.05) is 25.7 Å². The van der Waals surface area contributed by atoms with E-state index in [-0.39, 0.29) is 13.0 Å². The van der Waals surface area contributed by atoms with Gasteiger partial charge in [0.2, 0.25) is 0 Å². The zero-order valence-corrected chi connectivity index (χ0v) is 22.6. The number of ether oxygens (including phenoxy) is 4. The Morgan fingerprint density at radius 2 is 1.40 bits per heavy atom. The van der Waals surface area contributed by atoms with Gasteiger partial charge in [-0.1, -0.05) is 54.6 Å². The summed E-state index contributed by atoms with van der Waals surface area (Å²) in [6.45, 7) is 0.0190. The fourth-order valence-electron chi connectivity index (χ4n) is 5.12. The number of aliphatic hydroxyl groups is 1. The maximum absolute atomic E-state index is 12.7. The topological polar surface area (TPSA) is 101 Å². The van der Waals surface area contributed by atoms with E-state index in [4.69, 9.17) is 18.9 Å². The lowest BCUT2D eigenvalue weighted by Crippen LogP contribution is -2.39. The molecule has 9 nitrogen and oxygen atoms in total. The van der Waals surface area contributed by atoms with Crippen LogP contribution in [0.4, 0.5) is 0 Å². The summed E-state index contributed by atoms with van der Waals surface area (Å²) in [6, 6.07) is 26.4. The van der Waals surface area contributed by atoms with Gasteiger partial charge in [-0.25, -0.2) is 4.79 Å². The number of benzene rings is 3. The largest absolute Gasteiger partial charge is 0.497 e. The predicted octanol–water partition coefficient (Wildman–Crippen LogP) is 3.22. The van der Waals surface area contributed by atoms with Crippen molar-refractivity contribution in [2.75, 3.05) is 20.8 Å². The van der Waals surface area contributed by atoms with Crippen LogP contribution in [0.1, 0.15) is 29.3 Å². The number of hydrogen-bond acceptors (Lipinski definition) is 7. The number of aliphatic hydroxyl groups excluding tert-OH is 1. The Kier molecular flexibility index (Phi) is 7.88. The van der Waals surface area contributed by atoms with E-state index in [9.17, 15) is 14.7 Å². The van der Waals surface area contributed by atoms with Gasteiger partial charge in [-0.3, -0.25) is 13.9 Å². The second-order valence-electron chi connectivity index (χ2n) is 9.65. The normalized spacial score (nSPS) is 18.9. The first kappa shape index (κ1) is 27.4. The van der Waals surface area contributed by atoms with E-state index in [1.165, 1.54) is 23.9 Å². The lowest BCUT2D eigenvalue weighted by atomic mass is 9.80. The first-order valence-corrected chi connectivity index (χ1v) is 13.0. The minimum absolute atomic E-state index is 0.0190. The van der Waals surface area contributed by atoms with Crippen molar-refractivity contribution < 1.29 is 24.1 Å². The Balaban J connectivity index is 1.54. The molecule has 1 N–H and O–H groups in total. The predicted molar refractivity (Wildman–Crippen MR) is 149 cm³/mol.